The summed E-state index contributed by atoms with van der Waals surface area (Å²) in [6.45, 7) is 14.3. The van der Waals surface area contributed by atoms with Gasteiger partial charge in [-0.05, 0) is 86.4 Å². The Morgan fingerprint density at radius 1 is 1.05 bits per heavy atom. The van der Waals surface area contributed by atoms with Crippen LogP contribution in [-0.4, -0.2) is 48.2 Å². The molecule has 1 unspecified atom stereocenters. The number of nitrogens with zero attached hydrogens (tertiary/aromatic N) is 1. The maximum Gasteiger partial charge on any atom is 0.0144 e. The second kappa shape index (κ2) is 5.94. The third-order valence-electron chi connectivity index (χ3n) is 5.16. The van der Waals surface area contributed by atoms with Crippen molar-refractivity contribution in [1.82, 2.24) is 15.5 Å². The third kappa shape index (κ3) is 4.44. The van der Waals surface area contributed by atoms with Gasteiger partial charge in [0, 0.05) is 23.2 Å². The lowest BCUT2D eigenvalue weighted by Crippen LogP contribution is -2.62. The molecule has 2 heterocycles. The van der Waals surface area contributed by atoms with Crippen molar-refractivity contribution in [2.75, 3.05) is 20.1 Å². The fraction of sp³-hybridized carbons (Fsp3) is 1.00. The van der Waals surface area contributed by atoms with E-state index in [0.29, 0.717) is 12.1 Å². The van der Waals surface area contributed by atoms with Crippen molar-refractivity contribution >= 4 is 0 Å². The van der Waals surface area contributed by atoms with Crippen molar-refractivity contribution in [2.24, 2.45) is 5.92 Å². The van der Waals surface area contributed by atoms with Crippen LogP contribution in [0.3, 0.4) is 0 Å². The molecule has 0 aromatic heterocycles. The summed E-state index contributed by atoms with van der Waals surface area (Å²) in [7, 11) is 2.24. The first-order chi connectivity index (χ1) is 9.17. The van der Waals surface area contributed by atoms with E-state index >= 15 is 0 Å². The molecule has 0 aliphatic carbocycles. The van der Waals surface area contributed by atoms with Crippen LogP contribution in [0, 0.1) is 5.92 Å². The molecule has 2 aliphatic heterocycles. The average molecular weight is 281 g/mol. The minimum atomic E-state index is 0.242. The van der Waals surface area contributed by atoms with Crippen LogP contribution in [0.1, 0.15) is 60.3 Å². The number of hydrogen-bond donors (Lipinski definition) is 2. The Kier molecular flexibility index (Phi) is 4.83. The van der Waals surface area contributed by atoms with Crippen molar-refractivity contribution in [3.05, 3.63) is 0 Å². The minimum Gasteiger partial charge on any atom is -0.311 e. The summed E-state index contributed by atoms with van der Waals surface area (Å²) in [5.74, 6) is 0.854. The van der Waals surface area contributed by atoms with E-state index in [0.717, 1.165) is 5.92 Å². The second-order valence-electron chi connectivity index (χ2n) is 8.59. The molecule has 0 amide bonds. The Labute approximate surface area is 125 Å². The van der Waals surface area contributed by atoms with Gasteiger partial charge in [-0.2, -0.15) is 0 Å². The van der Waals surface area contributed by atoms with E-state index in [-0.39, 0.29) is 11.1 Å². The lowest BCUT2D eigenvalue weighted by molar-refractivity contribution is 0.123. The zero-order valence-electron chi connectivity index (χ0n) is 14.4. The van der Waals surface area contributed by atoms with Crippen LogP contribution in [0.2, 0.25) is 0 Å². The highest BCUT2D eigenvalue weighted by molar-refractivity contribution is 5.00. The van der Waals surface area contributed by atoms with E-state index in [2.05, 4.69) is 57.2 Å². The van der Waals surface area contributed by atoms with Crippen molar-refractivity contribution in [2.45, 2.75) is 83.5 Å². The molecule has 20 heavy (non-hydrogen) atoms. The molecule has 0 bridgehead atoms. The van der Waals surface area contributed by atoms with Crippen LogP contribution in [0.15, 0.2) is 0 Å². The Hall–Kier alpha value is -0.120. The van der Waals surface area contributed by atoms with Gasteiger partial charge in [-0.1, -0.05) is 0 Å². The minimum absolute atomic E-state index is 0.242. The van der Waals surface area contributed by atoms with Gasteiger partial charge < -0.3 is 15.5 Å². The van der Waals surface area contributed by atoms with Crippen LogP contribution < -0.4 is 10.6 Å². The lowest BCUT2D eigenvalue weighted by atomic mass is 9.79. The van der Waals surface area contributed by atoms with Gasteiger partial charge in [0.25, 0.3) is 0 Å². The van der Waals surface area contributed by atoms with Crippen LogP contribution in [0.5, 0.6) is 0 Å². The highest BCUT2D eigenvalue weighted by Crippen LogP contribution is 2.30. The van der Waals surface area contributed by atoms with Crippen LogP contribution in [-0.2, 0) is 0 Å². The largest absolute Gasteiger partial charge is 0.311 e. The monoisotopic (exact) mass is 281 g/mol. The topological polar surface area (TPSA) is 27.3 Å². The predicted octanol–water partition coefficient (Wildman–Crippen LogP) is 2.62. The van der Waals surface area contributed by atoms with Gasteiger partial charge in [-0.3, -0.25) is 0 Å². The first kappa shape index (κ1) is 16.3. The van der Waals surface area contributed by atoms with Gasteiger partial charge in [0.1, 0.15) is 0 Å². The summed E-state index contributed by atoms with van der Waals surface area (Å²) >= 11 is 0. The fourth-order valence-electron chi connectivity index (χ4n) is 4.48. The number of piperidine rings is 2. The first-order valence-corrected chi connectivity index (χ1v) is 8.41. The highest BCUT2D eigenvalue weighted by Gasteiger charge is 2.38. The molecule has 0 aromatic rings. The molecule has 2 aliphatic rings. The Balaban J connectivity index is 1.88. The lowest BCUT2D eigenvalue weighted by Gasteiger charge is -2.48. The predicted molar refractivity (Wildman–Crippen MR) is 87.1 cm³/mol. The SMILES string of the molecule is CC(NC1CC(C)(C)NC(C)(C)C1)C1CCN(C)CC1. The molecule has 0 saturated carbocycles. The van der Waals surface area contributed by atoms with E-state index in [4.69, 9.17) is 0 Å². The summed E-state index contributed by atoms with van der Waals surface area (Å²) in [5.41, 5.74) is 0.484. The van der Waals surface area contributed by atoms with Crippen molar-refractivity contribution in [1.29, 1.82) is 0 Å². The van der Waals surface area contributed by atoms with E-state index in [1.54, 1.807) is 0 Å². The van der Waals surface area contributed by atoms with E-state index in [9.17, 15) is 0 Å². The molecule has 2 fully saturated rings. The van der Waals surface area contributed by atoms with Gasteiger partial charge in [0.15, 0.2) is 0 Å². The van der Waals surface area contributed by atoms with Crippen LogP contribution >= 0.6 is 0 Å². The highest BCUT2D eigenvalue weighted by atomic mass is 15.1. The Bertz CT molecular complexity index is 300. The Morgan fingerprint density at radius 3 is 2.05 bits per heavy atom. The fourth-order valence-corrected chi connectivity index (χ4v) is 4.48. The molecule has 3 heteroatoms. The molecule has 0 spiro atoms. The van der Waals surface area contributed by atoms with Gasteiger partial charge in [-0.25, -0.2) is 0 Å². The standard InChI is InChI=1S/C17H35N3/c1-13(14-7-9-20(6)10-8-14)18-15-11-16(2,3)19-17(4,5)12-15/h13-15,18-19H,7-12H2,1-6H3. The van der Waals surface area contributed by atoms with Gasteiger partial charge in [0.2, 0.25) is 0 Å². The second-order valence-corrected chi connectivity index (χ2v) is 8.59. The summed E-state index contributed by atoms with van der Waals surface area (Å²) in [5, 5.41) is 7.73. The number of rotatable bonds is 3. The summed E-state index contributed by atoms with van der Waals surface area (Å²) in [6, 6.07) is 1.30. The summed E-state index contributed by atoms with van der Waals surface area (Å²) < 4.78 is 0. The van der Waals surface area contributed by atoms with Crippen LogP contribution in [0.25, 0.3) is 0 Å². The molecular weight excluding hydrogens is 246 g/mol. The average Bonchev–Trinajstić information content (AvgIpc) is 2.25. The molecule has 0 aromatic carbocycles. The maximum absolute atomic E-state index is 3.96. The van der Waals surface area contributed by atoms with Gasteiger partial charge in [0.05, 0.1) is 0 Å². The normalized spacial score (nSPS) is 30.3. The molecule has 3 nitrogen and oxygen atoms in total. The Morgan fingerprint density at radius 2 is 1.55 bits per heavy atom. The third-order valence-corrected chi connectivity index (χ3v) is 5.16. The molecule has 2 rings (SSSR count). The van der Waals surface area contributed by atoms with Crippen molar-refractivity contribution < 1.29 is 0 Å². The van der Waals surface area contributed by atoms with Crippen molar-refractivity contribution in [3.63, 3.8) is 0 Å². The molecule has 2 saturated heterocycles. The van der Waals surface area contributed by atoms with E-state index < -0.39 is 0 Å². The number of nitrogens with one attached hydrogen (secondary N) is 2. The quantitative estimate of drug-likeness (QED) is 0.833. The molecular formula is C17H35N3. The van der Waals surface area contributed by atoms with Gasteiger partial charge in [-0.15, -0.1) is 0 Å². The van der Waals surface area contributed by atoms with E-state index in [1.807, 2.05) is 0 Å². The van der Waals surface area contributed by atoms with Crippen molar-refractivity contribution in [3.8, 4) is 0 Å². The molecule has 118 valence electrons. The number of likely N-dealkylation sites (tertiary alicyclic amines) is 1. The molecule has 2 N–H and O–H groups in total. The zero-order valence-corrected chi connectivity index (χ0v) is 14.4. The first-order valence-electron chi connectivity index (χ1n) is 8.41. The smallest absolute Gasteiger partial charge is 0.0144 e. The van der Waals surface area contributed by atoms with Crippen LogP contribution in [0.4, 0.5) is 0 Å². The van der Waals surface area contributed by atoms with E-state index in [1.165, 1.54) is 38.8 Å². The number of hydrogen-bond acceptors (Lipinski definition) is 3. The molecule has 1 atom stereocenters. The molecule has 0 radical (unpaired) electrons. The maximum atomic E-state index is 3.96. The zero-order chi connectivity index (χ0) is 15.0. The summed E-state index contributed by atoms with van der Waals surface area (Å²) in [6.07, 6.45) is 5.16. The summed E-state index contributed by atoms with van der Waals surface area (Å²) in [4.78, 5) is 2.46. The van der Waals surface area contributed by atoms with Gasteiger partial charge >= 0.3 is 0 Å².